The van der Waals surface area contributed by atoms with E-state index < -0.39 is 0 Å². The van der Waals surface area contributed by atoms with Gasteiger partial charge in [-0.2, -0.15) is 0 Å². The monoisotopic (exact) mass is 247 g/mol. The summed E-state index contributed by atoms with van der Waals surface area (Å²) in [5.41, 5.74) is 1.14. The van der Waals surface area contributed by atoms with Crippen molar-refractivity contribution in [2.75, 3.05) is 18.0 Å². The van der Waals surface area contributed by atoms with Gasteiger partial charge in [0.1, 0.15) is 17.0 Å². The summed E-state index contributed by atoms with van der Waals surface area (Å²) in [6, 6.07) is 2.16. The second-order valence-corrected chi connectivity index (χ2v) is 5.48. The van der Waals surface area contributed by atoms with E-state index in [0.717, 1.165) is 34.7 Å². The van der Waals surface area contributed by atoms with Crippen LogP contribution >= 0.6 is 11.3 Å². The molecule has 0 aliphatic rings. The van der Waals surface area contributed by atoms with Gasteiger partial charge in [-0.25, -0.2) is 9.97 Å². The van der Waals surface area contributed by atoms with Gasteiger partial charge in [-0.1, -0.05) is 12.2 Å². The van der Waals surface area contributed by atoms with E-state index in [1.807, 2.05) is 6.92 Å². The van der Waals surface area contributed by atoms with Gasteiger partial charge in [0.25, 0.3) is 0 Å². The minimum absolute atomic E-state index is 0.845. The third kappa shape index (κ3) is 2.47. The van der Waals surface area contributed by atoms with Gasteiger partial charge in [0.05, 0.1) is 5.39 Å². The Morgan fingerprint density at radius 3 is 2.88 bits per heavy atom. The molecule has 0 saturated carbocycles. The highest BCUT2D eigenvalue weighted by Crippen LogP contribution is 2.29. The van der Waals surface area contributed by atoms with Gasteiger partial charge in [-0.15, -0.1) is 11.3 Å². The molecule has 2 heterocycles. The highest BCUT2D eigenvalue weighted by atomic mass is 32.1. The van der Waals surface area contributed by atoms with E-state index in [9.17, 15) is 0 Å². The average Bonchev–Trinajstić information content (AvgIpc) is 2.65. The van der Waals surface area contributed by atoms with Crippen molar-refractivity contribution in [3.63, 3.8) is 0 Å². The third-order valence-corrected chi connectivity index (χ3v) is 3.53. The lowest BCUT2D eigenvalue weighted by molar-refractivity contribution is 0.862. The summed E-state index contributed by atoms with van der Waals surface area (Å²) >= 11 is 1.71. The van der Waals surface area contributed by atoms with E-state index in [1.54, 1.807) is 17.7 Å². The van der Waals surface area contributed by atoms with Crippen LogP contribution in [0.25, 0.3) is 10.2 Å². The lowest BCUT2D eigenvalue weighted by Gasteiger charge is -2.22. The maximum absolute atomic E-state index is 4.42. The molecule has 2 rings (SSSR count). The molecule has 2 aromatic heterocycles. The van der Waals surface area contributed by atoms with Crippen molar-refractivity contribution in [1.82, 2.24) is 9.97 Å². The molecule has 2 aromatic rings. The van der Waals surface area contributed by atoms with Crippen molar-refractivity contribution >= 4 is 27.4 Å². The maximum Gasteiger partial charge on any atom is 0.141 e. The molecule has 90 valence electrons. The van der Waals surface area contributed by atoms with Crippen LogP contribution in [0, 0.1) is 6.92 Å². The molecular weight excluding hydrogens is 230 g/mol. The van der Waals surface area contributed by atoms with Gasteiger partial charge < -0.3 is 4.90 Å². The molecule has 0 unspecified atom stereocenters. The summed E-state index contributed by atoms with van der Waals surface area (Å²) in [6.45, 7) is 12.0. The van der Waals surface area contributed by atoms with Gasteiger partial charge in [0.2, 0.25) is 0 Å². The fraction of sp³-hybridized carbons (Fsp3) is 0.385. The second kappa shape index (κ2) is 4.84. The van der Waals surface area contributed by atoms with E-state index in [4.69, 9.17) is 0 Å². The van der Waals surface area contributed by atoms with Gasteiger partial charge in [-0.05, 0) is 26.8 Å². The summed E-state index contributed by atoms with van der Waals surface area (Å²) in [5.74, 6) is 1.02. The van der Waals surface area contributed by atoms with Crippen LogP contribution in [0.5, 0.6) is 0 Å². The van der Waals surface area contributed by atoms with Crippen LogP contribution in [0.15, 0.2) is 24.5 Å². The number of anilines is 1. The van der Waals surface area contributed by atoms with Crippen LogP contribution in [0.2, 0.25) is 0 Å². The van der Waals surface area contributed by atoms with Gasteiger partial charge in [0, 0.05) is 18.0 Å². The van der Waals surface area contributed by atoms with Crippen molar-refractivity contribution in [2.24, 2.45) is 0 Å². The number of nitrogens with zero attached hydrogens (tertiary/aromatic N) is 3. The van der Waals surface area contributed by atoms with E-state index in [2.05, 4.69) is 41.4 Å². The number of fused-ring (bicyclic) bond motifs is 1. The maximum atomic E-state index is 4.42. The molecule has 0 amide bonds. The predicted molar refractivity (Wildman–Crippen MR) is 74.9 cm³/mol. The van der Waals surface area contributed by atoms with Crippen molar-refractivity contribution < 1.29 is 0 Å². The zero-order valence-corrected chi connectivity index (χ0v) is 11.3. The third-order valence-electron chi connectivity index (χ3n) is 2.57. The molecule has 17 heavy (non-hydrogen) atoms. The van der Waals surface area contributed by atoms with Crippen molar-refractivity contribution in [3.8, 4) is 0 Å². The molecule has 0 aliphatic heterocycles. The quantitative estimate of drug-likeness (QED) is 0.775. The molecule has 0 N–H and O–H groups in total. The molecule has 0 spiro atoms. The van der Waals surface area contributed by atoms with Crippen LogP contribution in [-0.4, -0.2) is 23.1 Å². The predicted octanol–water partition coefficient (Wildman–Crippen LogP) is 3.40. The second-order valence-electron chi connectivity index (χ2n) is 4.24. The Labute approximate surface area is 106 Å². The molecule has 0 bridgehead atoms. The Bertz CT molecular complexity index is 545. The molecule has 0 radical (unpaired) electrons. The Kier molecular flexibility index (Phi) is 3.43. The van der Waals surface area contributed by atoms with E-state index in [1.165, 1.54) is 4.88 Å². The fourth-order valence-electron chi connectivity index (χ4n) is 1.88. The topological polar surface area (TPSA) is 29.0 Å². The van der Waals surface area contributed by atoms with E-state index in [0.29, 0.717) is 0 Å². The lowest BCUT2D eigenvalue weighted by Crippen LogP contribution is -2.25. The first-order valence-electron chi connectivity index (χ1n) is 5.72. The number of rotatable bonds is 4. The first kappa shape index (κ1) is 12.0. The van der Waals surface area contributed by atoms with E-state index >= 15 is 0 Å². The van der Waals surface area contributed by atoms with Crippen molar-refractivity contribution in [3.05, 3.63) is 29.4 Å². The molecule has 0 aliphatic carbocycles. The molecule has 3 nitrogen and oxygen atoms in total. The highest BCUT2D eigenvalue weighted by Gasteiger charge is 2.12. The summed E-state index contributed by atoms with van der Waals surface area (Å²) in [6.07, 6.45) is 1.65. The standard InChI is InChI=1S/C13H17N3S/c1-5-16(7-9(2)3)12-11-6-10(4)17-13(11)15-8-14-12/h6,8H,2,5,7H2,1,3-4H3. The molecule has 4 heteroatoms. The fourth-order valence-corrected chi connectivity index (χ4v) is 2.72. The largest absolute Gasteiger partial charge is 0.352 e. The number of hydrogen-bond donors (Lipinski definition) is 0. The summed E-state index contributed by atoms with van der Waals surface area (Å²) in [5, 5.41) is 1.15. The number of likely N-dealkylation sites (N-methyl/N-ethyl adjacent to an activating group) is 1. The lowest BCUT2D eigenvalue weighted by atomic mass is 10.2. The van der Waals surface area contributed by atoms with Crippen molar-refractivity contribution in [2.45, 2.75) is 20.8 Å². The number of hydrogen-bond acceptors (Lipinski definition) is 4. The highest BCUT2D eigenvalue weighted by molar-refractivity contribution is 7.18. The molecule has 0 aromatic carbocycles. The first-order chi connectivity index (χ1) is 8.11. The van der Waals surface area contributed by atoms with Crippen LogP contribution < -0.4 is 4.90 Å². The minimum atomic E-state index is 0.845. The Hall–Kier alpha value is -1.42. The average molecular weight is 247 g/mol. The number of thiophene rings is 1. The molecule has 0 atom stereocenters. The van der Waals surface area contributed by atoms with Gasteiger partial charge in [0.15, 0.2) is 0 Å². The molecular formula is C13H17N3S. The van der Waals surface area contributed by atoms with Crippen LogP contribution in [0.1, 0.15) is 18.7 Å². The first-order valence-corrected chi connectivity index (χ1v) is 6.54. The van der Waals surface area contributed by atoms with Crippen molar-refractivity contribution in [1.29, 1.82) is 0 Å². The number of aromatic nitrogens is 2. The summed E-state index contributed by atoms with van der Waals surface area (Å²) in [4.78, 5) is 13.3. The smallest absolute Gasteiger partial charge is 0.141 e. The van der Waals surface area contributed by atoms with Crippen LogP contribution in [-0.2, 0) is 0 Å². The van der Waals surface area contributed by atoms with E-state index in [-0.39, 0.29) is 0 Å². The zero-order chi connectivity index (χ0) is 12.4. The summed E-state index contributed by atoms with van der Waals surface area (Å²) in [7, 11) is 0. The Morgan fingerprint density at radius 2 is 2.24 bits per heavy atom. The van der Waals surface area contributed by atoms with Gasteiger partial charge in [-0.3, -0.25) is 0 Å². The Morgan fingerprint density at radius 1 is 1.47 bits per heavy atom. The van der Waals surface area contributed by atoms with Crippen LogP contribution in [0.3, 0.4) is 0 Å². The normalized spacial score (nSPS) is 10.8. The summed E-state index contributed by atoms with van der Waals surface area (Å²) < 4.78 is 0. The number of aryl methyl sites for hydroxylation is 1. The van der Waals surface area contributed by atoms with Crippen LogP contribution in [0.4, 0.5) is 5.82 Å². The van der Waals surface area contributed by atoms with Gasteiger partial charge >= 0.3 is 0 Å². The Balaban J connectivity index is 2.48. The molecule has 0 fully saturated rings. The SMILES string of the molecule is C=C(C)CN(CC)c1ncnc2sc(C)cc12. The zero-order valence-electron chi connectivity index (χ0n) is 10.5. The minimum Gasteiger partial charge on any atom is -0.352 e. The molecule has 0 saturated heterocycles.